The van der Waals surface area contributed by atoms with E-state index >= 15 is 0 Å². The number of hydrogen-bond acceptors (Lipinski definition) is 7. The number of carbonyl (C=O) groups excluding carboxylic acids is 1. The van der Waals surface area contributed by atoms with Gasteiger partial charge in [0.1, 0.15) is 17.3 Å². The quantitative estimate of drug-likeness (QED) is 0.776. The molecule has 0 fully saturated rings. The van der Waals surface area contributed by atoms with E-state index in [4.69, 9.17) is 9.26 Å². The summed E-state index contributed by atoms with van der Waals surface area (Å²) < 4.78 is 10.2. The van der Waals surface area contributed by atoms with Crippen LogP contribution in [0.3, 0.4) is 0 Å². The van der Waals surface area contributed by atoms with Crippen molar-refractivity contribution in [3.8, 4) is 0 Å². The molecular formula is C14H14N4O3S. The first-order valence-electron chi connectivity index (χ1n) is 6.62. The number of nitrogens with zero attached hydrogens (tertiary/aromatic N) is 3. The van der Waals surface area contributed by atoms with Gasteiger partial charge in [0, 0.05) is 12.5 Å². The van der Waals surface area contributed by atoms with E-state index < -0.39 is 0 Å². The Balaban J connectivity index is 1.71. The molecule has 7 nitrogen and oxygen atoms in total. The van der Waals surface area contributed by atoms with Crippen LogP contribution >= 0.6 is 11.3 Å². The third-order valence-electron chi connectivity index (χ3n) is 3.01. The summed E-state index contributed by atoms with van der Waals surface area (Å²) in [5, 5.41) is 16.5. The fraction of sp³-hybridized carbons (Fsp3) is 0.286. The fourth-order valence-electron chi connectivity index (χ4n) is 2.03. The molecule has 0 atom stereocenters. The van der Waals surface area contributed by atoms with Gasteiger partial charge in [0.15, 0.2) is 5.58 Å². The van der Waals surface area contributed by atoms with Crippen molar-refractivity contribution >= 4 is 33.3 Å². The Kier molecular flexibility index (Phi) is 4.12. The van der Waals surface area contributed by atoms with E-state index in [1.807, 2.05) is 25.1 Å². The predicted octanol–water partition coefficient (Wildman–Crippen LogP) is 2.32. The Bertz CT molecular complexity index is 811. The number of benzene rings is 1. The van der Waals surface area contributed by atoms with E-state index in [0.29, 0.717) is 28.0 Å². The molecule has 1 N–H and O–H groups in total. The highest BCUT2D eigenvalue weighted by atomic mass is 32.1. The summed E-state index contributed by atoms with van der Waals surface area (Å²) in [7, 11) is 1.58. The topological polar surface area (TPSA) is 90.1 Å². The third kappa shape index (κ3) is 3.12. The Morgan fingerprint density at radius 1 is 1.41 bits per heavy atom. The van der Waals surface area contributed by atoms with Gasteiger partial charge >= 0.3 is 0 Å². The number of nitrogens with one attached hydrogen (secondary N) is 1. The van der Waals surface area contributed by atoms with E-state index in [0.717, 1.165) is 10.9 Å². The molecule has 0 bridgehead atoms. The molecular weight excluding hydrogens is 304 g/mol. The molecule has 0 saturated carbocycles. The summed E-state index contributed by atoms with van der Waals surface area (Å²) in [4.78, 5) is 12.1. The Morgan fingerprint density at radius 3 is 3.09 bits per heavy atom. The molecule has 1 amide bonds. The normalized spacial score (nSPS) is 11.0. The predicted molar refractivity (Wildman–Crippen MR) is 81.7 cm³/mol. The number of aryl methyl sites for hydroxylation is 1. The average molecular weight is 318 g/mol. The molecule has 22 heavy (non-hydrogen) atoms. The Hall–Kier alpha value is -2.32. The molecule has 0 aliphatic heterocycles. The first-order chi connectivity index (χ1) is 10.7. The second-order valence-electron chi connectivity index (χ2n) is 4.79. The van der Waals surface area contributed by atoms with Gasteiger partial charge in [0.05, 0.1) is 6.42 Å². The van der Waals surface area contributed by atoms with E-state index in [1.165, 1.54) is 11.3 Å². The molecule has 3 rings (SSSR count). The van der Waals surface area contributed by atoms with Crippen molar-refractivity contribution in [3.63, 3.8) is 0 Å². The van der Waals surface area contributed by atoms with Crippen LogP contribution < -0.4 is 5.32 Å². The minimum absolute atomic E-state index is 0.121. The van der Waals surface area contributed by atoms with Gasteiger partial charge in [-0.3, -0.25) is 4.79 Å². The molecule has 2 aromatic heterocycles. The first-order valence-corrected chi connectivity index (χ1v) is 7.43. The number of amides is 1. The van der Waals surface area contributed by atoms with Crippen LogP contribution in [-0.2, 0) is 22.6 Å². The molecule has 0 spiro atoms. The van der Waals surface area contributed by atoms with Gasteiger partial charge in [-0.2, -0.15) is 0 Å². The molecule has 0 aliphatic rings. The van der Waals surface area contributed by atoms with Crippen LogP contribution in [-0.4, -0.2) is 28.4 Å². The van der Waals surface area contributed by atoms with Crippen LogP contribution in [0.25, 0.3) is 11.0 Å². The van der Waals surface area contributed by atoms with Gasteiger partial charge in [-0.25, -0.2) is 0 Å². The number of carbonyl (C=O) groups is 1. The first kappa shape index (κ1) is 14.6. The van der Waals surface area contributed by atoms with Crippen molar-refractivity contribution in [2.24, 2.45) is 0 Å². The van der Waals surface area contributed by atoms with Gasteiger partial charge in [-0.1, -0.05) is 28.1 Å². The number of fused-ring (bicyclic) bond motifs is 1. The number of aromatic nitrogens is 3. The standard InChI is InChI=1S/C14H14N4O3S/c1-8-3-4-11-9(5-8)10(18-21-11)6-12(19)15-14-17-16-13(22-14)7-20-2/h3-5H,6-7H2,1-2H3,(H,15,17,19). The van der Waals surface area contributed by atoms with Crippen LogP contribution in [0.5, 0.6) is 0 Å². The summed E-state index contributed by atoms with van der Waals surface area (Å²) in [6, 6.07) is 5.74. The molecule has 0 radical (unpaired) electrons. The van der Waals surface area contributed by atoms with Gasteiger partial charge in [0.2, 0.25) is 11.0 Å². The molecule has 114 valence electrons. The lowest BCUT2D eigenvalue weighted by Gasteiger charge is -1.99. The lowest BCUT2D eigenvalue weighted by molar-refractivity contribution is -0.115. The highest BCUT2D eigenvalue weighted by molar-refractivity contribution is 7.15. The average Bonchev–Trinajstić information content (AvgIpc) is 3.07. The zero-order chi connectivity index (χ0) is 15.5. The zero-order valence-electron chi connectivity index (χ0n) is 12.1. The molecule has 2 heterocycles. The Labute approximate surface area is 130 Å². The number of ether oxygens (including phenoxy) is 1. The van der Waals surface area contributed by atoms with Crippen molar-refractivity contribution in [1.82, 2.24) is 15.4 Å². The molecule has 8 heteroatoms. The molecule has 0 aliphatic carbocycles. The number of rotatable bonds is 5. The summed E-state index contributed by atoms with van der Waals surface area (Å²) in [5.74, 6) is -0.211. The third-order valence-corrected chi connectivity index (χ3v) is 3.82. The van der Waals surface area contributed by atoms with Crippen LogP contribution in [0.2, 0.25) is 0 Å². The summed E-state index contributed by atoms with van der Waals surface area (Å²) in [6.07, 6.45) is 0.121. The van der Waals surface area contributed by atoms with Gasteiger partial charge in [-0.15, -0.1) is 10.2 Å². The maximum Gasteiger partial charge on any atom is 0.232 e. The maximum absolute atomic E-state index is 12.1. The van der Waals surface area contributed by atoms with Crippen molar-refractivity contribution in [3.05, 3.63) is 34.5 Å². The fourth-order valence-corrected chi connectivity index (χ4v) is 2.76. The van der Waals surface area contributed by atoms with E-state index in [1.54, 1.807) is 7.11 Å². The van der Waals surface area contributed by atoms with Crippen molar-refractivity contribution in [2.45, 2.75) is 20.0 Å². The van der Waals surface area contributed by atoms with Crippen molar-refractivity contribution in [2.75, 3.05) is 12.4 Å². The molecule has 1 aromatic carbocycles. The number of methoxy groups -OCH3 is 1. The van der Waals surface area contributed by atoms with Crippen molar-refractivity contribution in [1.29, 1.82) is 0 Å². The summed E-state index contributed by atoms with van der Waals surface area (Å²) >= 11 is 1.28. The van der Waals surface area contributed by atoms with E-state index in [2.05, 4.69) is 20.7 Å². The molecule has 0 saturated heterocycles. The SMILES string of the molecule is COCc1nnc(NC(=O)Cc2noc3ccc(C)cc23)s1. The molecule has 0 unspecified atom stereocenters. The van der Waals surface area contributed by atoms with Gasteiger partial charge in [-0.05, 0) is 19.1 Å². The second kappa shape index (κ2) is 6.20. The minimum atomic E-state index is -0.211. The largest absolute Gasteiger partial charge is 0.377 e. The van der Waals surface area contributed by atoms with E-state index in [-0.39, 0.29) is 12.3 Å². The second-order valence-corrected chi connectivity index (χ2v) is 5.85. The monoisotopic (exact) mass is 318 g/mol. The smallest absolute Gasteiger partial charge is 0.232 e. The van der Waals surface area contributed by atoms with Gasteiger partial charge in [0.25, 0.3) is 0 Å². The number of anilines is 1. The zero-order valence-corrected chi connectivity index (χ0v) is 12.9. The van der Waals surface area contributed by atoms with Gasteiger partial charge < -0.3 is 14.6 Å². The number of hydrogen-bond donors (Lipinski definition) is 1. The highest BCUT2D eigenvalue weighted by Crippen LogP contribution is 2.21. The Morgan fingerprint density at radius 2 is 2.27 bits per heavy atom. The molecule has 3 aromatic rings. The summed E-state index contributed by atoms with van der Waals surface area (Å²) in [6.45, 7) is 2.36. The maximum atomic E-state index is 12.1. The summed E-state index contributed by atoms with van der Waals surface area (Å²) in [5.41, 5.74) is 2.37. The van der Waals surface area contributed by atoms with Crippen LogP contribution in [0.4, 0.5) is 5.13 Å². The van der Waals surface area contributed by atoms with Crippen LogP contribution in [0.15, 0.2) is 22.7 Å². The van der Waals surface area contributed by atoms with Crippen molar-refractivity contribution < 1.29 is 14.1 Å². The lowest BCUT2D eigenvalue weighted by atomic mass is 10.1. The van der Waals surface area contributed by atoms with E-state index in [9.17, 15) is 4.79 Å². The lowest BCUT2D eigenvalue weighted by Crippen LogP contribution is -2.14. The van der Waals surface area contributed by atoms with Crippen LogP contribution in [0.1, 0.15) is 16.3 Å². The highest BCUT2D eigenvalue weighted by Gasteiger charge is 2.14. The van der Waals surface area contributed by atoms with Crippen LogP contribution in [0, 0.1) is 6.92 Å². The minimum Gasteiger partial charge on any atom is -0.377 e.